The van der Waals surface area contributed by atoms with E-state index >= 15 is 0 Å². The number of carbonyl (C=O) groups is 2. The van der Waals surface area contributed by atoms with Gasteiger partial charge in [-0.2, -0.15) is 0 Å². The minimum Gasteiger partial charge on any atom is -0.352 e. The lowest BCUT2D eigenvalue weighted by molar-refractivity contribution is -0.149. The first-order valence-corrected chi connectivity index (χ1v) is 13.2. The molecule has 0 bridgehead atoms. The quantitative estimate of drug-likeness (QED) is 0.594. The van der Waals surface area contributed by atoms with Crippen molar-refractivity contribution < 1.29 is 9.59 Å². The highest BCUT2D eigenvalue weighted by molar-refractivity contribution is 5.90. The van der Waals surface area contributed by atoms with Crippen LogP contribution in [-0.2, 0) is 9.59 Å². The minimum absolute atomic E-state index is 0.111. The van der Waals surface area contributed by atoms with Gasteiger partial charge in [-0.15, -0.1) is 0 Å². The van der Waals surface area contributed by atoms with E-state index in [1.807, 2.05) is 12.2 Å². The third kappa shape index (κ3) is 5.81. The molecular formula is C27H42N2O2. The summed E-state index contributed by atoms with van der Waals surface area (Å²) in [6.07, 6.45) is 26.4. The van der Waals surface area contributed by atoms with Crippen LogP contribution in [0.3, 0.4) is 0 Å². The van der Waals surface area contributed by atoms with Gasteiger partial charge in [-0.05, 0) is 50.9 Å². The second-order valence-corrected chi connectivity index (χ2v) is 10.4. The molecule has 172 valence electrons. The highest BCUT2D eigenvalue weighted by Gasteiger charge is 2.42. The molecule has 4 heteroatoms. The number of allylic oxidation sites excluding steroid dienone is 3. The molecule has 31 heavy (non-hydrogen) atoms. The largest absolute Gasteiger partial charge is 0.352 e. The van der Waals surface area contributed by atoms with Crippen LogP contribution in [0.1, 0.15) is 103 Å². The smallest absolute Gasteiger partial charge is 0.243 e. The van der Waals surface area contributed by atoms with Crippen molar-refractivity contribution in [3.63, 3.8) is 0 Å². The van der Waals surface area contributed by atoms with Crippen molar-refractivity contribution in [1.29, 1.82) is 0 Å². The summed E-state index contributed by atoms with van der Waals surface area (Å²) in [7, 11) is 0. The summed E-state index contributed by atoms with van der Waals surface area (Å²) in [4.78, 5) is 29.9. The van der Waals surface area contributed by atoms with Crippen molar-refractivity contribution >= 4 is 11.8 Å². The van der Waals surface area contributed by atoms with Gasteiger partial charge in [0.25, 0.3) is 0 Å². The fourth-order valence-corrected chi connectivity index (χ4v) is 6.41. The third-order valence-electron chi connectivity index (χ3n) is 8.14. The lowest BCUT2D eigenvalue weighted by atomic mass is 9.80. The van der Waals surface area contributed by atoms with Crippen LogP contribution in [0.4, 0.5) is 0 Å². The van der Waals surface area contributed by atoms with Gasteiger partial charge in [0.2, 0.25) is 11.8 Å². The molecule has 0 spiro atoms. The molecule has 4 aliphatic rings. The monoisotopic (exact) mass is 426 g/mol. The summed E-state index contributed by atoms with van der Waals surface area (Å²) in [6.45, 7) is 0. The SMILES string of the molecule is O=C(NC1CCCCC1)C(C1CCCCC1)N(C(=O)C1C=CC=CC1)C1CCCCC1. The van der Waals surface area contributed by atoms with Crippen LogP contribution < -0.4 is 5.32 Å². The Bertz CT molecular complexity index is 652. The molecular weight excluding hydrogens is 384 g/mol. The third-order valence-corrected chi connectivity index (χ3v) is 8.14. The highest BCUT2D eigenvalue weighted by atomic mass is 16.2. The summed E-state index contributed by atoms with van der Waals surface area (Å²) in [5.41, 5.74) is 0. The zero-order chi connectivity index (χ0) is 21.5. The number of amides is 2. The van der Waals surface area contributed by atoms with E-state index in [0.717, 1.165) is 44.9 Å². The second-order valence-electron chi connectivity index (χ2n) is 10.4. The van der Waals surface area contributed by atoms with E-state index in [9.17, 15) is 9.59 Å². The zero-order valence-electron chi connectivity index (χ0n) is 19.3. The summed E-state index contributed by atoms with van der Waals surface area (Å²) in [5.74, 6) is 0.543. The van der Waals surface area contributed by atoms with Crippen LogP contribution in [0.25, 0.3) is 0 Å². The predicted octanol–water partition coefficient (Wildman–Crippen LogP) is 5.68. The average molecular weight is 427 g/mol. The second kappa shape index (κ2) is 11.3. The van der Waals surface area contributed by atoms with E-state index in [-0.39, 0.29) is 29.8 Å². The molecule has 1 N–H and O–H groups in total. The molecule has 2 atom stereocenters. The summed E-state index contributed by atoms with van der Waals surface area (Å²) >= 11 is 0. The van der Waals surface area contributed by atoms with Crippen molar-refractivity contribution in [2.75, 3.05) is 0 Å². The van der Waals surface area contributed by atoms with Gasteiger partial charge in [0.15, 0.2) is 0 Å². The summed E-state index contributed by atoms with van der Waals surface area (Å²) in [5, 5.41) is 3.43. The van der Waals surface area contributed by atoms with Crippen LogP contribution in [0.5, 0.6) is 0 Å². The minimum atomic E-state index is -0.280. The molecule has 3 fully saturated rings. The van der Waals surface area contributed by atoms with Crippen molar-refractivity contribution in [3.8, 4) is 0 Å². The fourth-order valence-electron chi connectivity index (χ4n) is 6.41. The number of carbonyl (C=O) groups excluding carboxylic acids is 2. The number of hydrogen-bond acceptors (Lipinski definition) is 2. The van der Waals surface area contributed by atoms with E-state index in [2.05, 4.69) is 22.4 Å². The number of nitrogens with one attached hydrogen (secondary N) is 1. The van der Waals surface area contributed by atoms with Crippen LogP contribution in [0.2, 0.25) is 0 Å². The molecule has 0 saturated heterocycles. The molecule has 0 radical (unpaired) electrons. The van der Waals surface area contributed by atoms with Gasteiger partial charge in [0.05, 0.1) is 5.92 Å². The van der Waals surface area contributed by atoms with Gasteiger partial charge in [-0.1, -0.05) is 82.1 Å². The molecule has 4 rings (SSSR count). The van der Waals surface area contributed by atoms with Crippen LogP contribution in [-0.4, -0.2) is 34.8 Å². The van der Waals surface area contributed by atoms with Crippen molar-refractivity contribution in [2.24, 2.45) is 11.8 Å². The molecule has 2 amide bonds. The van der Waals surface area contributed by atoms with E-state index in [0.29, 0.717) is 12.0 Å². The average Bonchev–Trinajstić information content (AvgIpc) is 2.84. The van der Waals surface area contributed by atoms with Crippen molar-refractivity contribution in [2.45, 2.75) is 121 Å². The van der Waals surface area contributed by atoms with Crippen molar-refractivity contribution in [3.05, 3.63) is 24.3 Å². The summed E-state index contributed by atoms with van der Waals surface area (Å²) in [6, 6.07) is 0.245. The normalized spacial score (nSPS) is 27.0. The van der Waals surface area contributed by atoms with Crippen LogP contribution in [0.15, 0.2) is 24.3 Å². The Morgan fingerprint density at radius 1 is 0.774 bits per heavy atom. The molecule has 0 heterocycles. The van der Waals surface area contributed by atoms with Gasteiger partial charge >= 0.3 is 0 Å². The van der Waals surface area contributed by atoms with Gasteiger partial charge in [-0.25, -0.2) is 0 Å². The molecule has 0 aromatic rings. The highest BCUT2D eigenvalue weighted by Crippen LogP contribution is 2.35. The maximum atomic E-state index is 13.9. The van der Waals surface area contributed by atoms with Crippen LogP contribution >= 0.6 is 0 Å². The molecule has 0 aromatic carbocycles. The Kier molecular flexibility index (Phi) is 8.27. The Hall–Kier alpha value is -1.58. The predicted molar refractivity (Wildman–Crippen MR) is 125 cm³/mol. The lowest BCUT2D eigenvalue weighted by Gasteiger charge is -2.45. The number of rotatable bonds is 6. The lowest BCUT2D eigenvalue weighted by Crippen LogP contribution is -2.60. The van der Waals surface area contributed by atoms with Gasteiger partial charge in [0, 0.05) is 12.1 Å². The van der Waals surface area contributed by atoms with E-state index in [4.69, 9.17) is 0 Å². The van der Waals surface area contributed by atoms with Gasteiger partial charge < -0.3 is 10.2 Å². The molecule has 4 aliphatic carbocycles. The van der Waals surface area contributed by atoms with Crippen molar-refractivity contribution in [1.82, 2.24) is 10.2 Å². The van der Waals surface area contributed by atoms with Gasteiger partial charge in [-0.3, -0.25) is 9.59 Å². The summed E-state index contributed by atoms with van der Waals surface area (Å²) < 4.78 is 0. The number of hydrogen-bond donors (Lipinski definition) is 1. The topological polar surface area (TPSA) is 49.4 Å². The first-order chi connectivity index (χ1) is 15.2. The molecule has 0 aromatic heterocycles. The van der Waals surface area contributed by atoms with E-state index in [1.54, 1.807) is 0 Å². The zero-order valence-corrected chi connectivity index (χ0v) is 19.3. The van der Waals surface area contributed by atoms with E-state index < -0.39 is 0 Å². The number of nitrogens with zero attached hydrogens (tertiary/aromatic N) is 1. The molecule has 4 nitrogen and oxygen atoms in total. The molecule has 3 saturated carbocycles. The Morgan fingerprint density at radius 2 is 1.39 bits per heavy atom. The maximum Gasteiger partial charge on any atom is 0.243 e. The first kappa shape index (κ1) is 22.6. The van der Waals surface area contributed by atoms with Gasteiger partial charge in [0.1, 0.15) is 6.04 Å². The standard InChI is InChI=1S/C27H42N2O2/c30-26(28-23-17-9-3-10-18-23)25(21-13-5-1-6-14-21)29(24-19-11-4-12-20-24)27(31)22-15-7-2-8-16-22/h2,7-8,15,21-25H,1,3-6,9-14,16-20H2,(H,28,30). The maximum absolute atomic E-state index is 13.9. The fraction of sp³-hybridized carbons (Fsp3) is 0.778. The Balaban J connectivity index is 1.60. The molecule has 2 unspecified atom stereocenters. The Labute approximate surface area is 188 Å². The van der Waals surface area contributed by atoms with Crippen LogP contribution in [0, 0.1) is 11.8 Å². The Morgan fingerprint density at radius 3 is 2.00 bits per heavy atom. The molecule has 0 aliphatic heterocycles. The first-order valence-electron chi connectivity index (χ1n) is 13.2. The van der Waals surface area contributed by atoms with E-state index in [1.165, 1.54) is 57.8 Å².